The fraction of sp³-hybridized carbons (Fsp3) is 0.183. The highest BCUT2D eigenvalue weighted by atomic mass is 127. The van der Waals surface area contributed by atoms with E-state index in [1.54, 1.807) is 26.2 Å². The molecular formula is C71H65IN5O7PS2. The third kappa shape index (κ3) is 13.1. The quantitative estimate of drug-likeness (QED) is 0.0144. The van der Waals surface area contributed by atoms with E-state index in [9.17, 15) is 4.79 Å². The van der Waals surface area contributed by atoms with Crippen LogP contribution in [-0.4, -0.2) is 73.9 Å². The van der Waals surface area contributed by atoms with Gasteiger partial charge in [-0.05, 0) is 98.8 Å². The second kappa shape index (κ2) is 26.8. The van der Waals surface area contributed by atoms with Crippen molar-refractivity contribution >= 4 is 80.9 Å². The third-order valence-electron chi connectivity index (χ3n) is 15.1. The van der Waals surface area contributed by atoms with Crippen LogP contribution in [0.2, 0.25) is 0 Å². The Hall–Kier alpha value is -8.21. The molecule has 9 aromatic rings. The lowest BCUT2D eigenvalue weighted by molar-refractivity contribution is -0.179. The summed E-state index contributed by atoms with van der Waals surface area (Å²) < 4.78 is 12.4. The number of carbonyl (C=O) groups excluding carboxylic acids is 4. The number of nitrogens with zero attached hydrogens (tertiary/aromatic N) is 3. The molecule has 2 aliphatic rings. The number of carbonyl (C=O) groups is 4. The molecule has 440 valence electrons. The molecule has 2 N–H and O–H groups in total. The number of ether oxygens (including phenoxy) is 2. The maximum absolute atomic E-state index is 15.7. The Balaban J connectivity index is 0.00000838. The van der Waals surface area contributed by atoms with Crippen LogP contribution < -0.4 is 50.5 Å². The minimum Gasteiger partial charge on any atom is -1.00 e. The molecule has 0 bridgehead atoms. The van der Waals surface area contributed by atoms with Crippen LogP contribution in [0.5, 0.6) is 0 Å². The molecule has 87 heavy (non-hydrogen) atoms. The average Bonchev–Trinajstić information content (AvgIpc) is 0.819. The second-order valence-corrected chi connectivity index (χ2v) is 27.9. The monoisotopic (exact) mass is 1320 g/mol. The van der Waals surface area contributed by atoms with Crippen LogP contribution in [0, 0.1) is 0 Å². The maximum atomic E-state index is 15.7. The van der Waals surface area contributed by atoms with Gasteiger partial charge in [0.05, 0.1) is 6.16 Å². The SMILES string of the molecule is CC(C)(C)OC(=O)C(C)(C)O/N=C(\C(=O)NC1C(=O)N2C(C(=O)OC(c3ccccc3)c3ccccc3)=C(C[P+](c3ccccc3)(c3ccccc3)c3ccccc3)CS[C@@H]12)c1csc(NC(c2ccccc2)(c2ccccc2)c2ccccc2)n1.[I-]. The summed E-state index contributed by atoms with van der Waals surface area (Å²) in [5, 5.41) is 15.9. The highest BCUT2D eigenvalue weighted by Crippen LogP contribution is 2.58. The number of aromatic nitrogens is 1. The van der Waals surface area contributed by atoms with Gasteiger partial charge in [-0.3, -0.25) is 14.5 Å². The van der Waals surface area contributed by atoms with Crippen LogP contribution in [0.4, 0.5) is 5.13 Å². The van der Waals surface area contributed by atoms with Crippen molar-refractivity contribution < 1.29 is 57.5 Å². The van der Waals surface area contributed by atoms with Crippen molar-refractivity contribution in [3.63, 3.8) is 0 Å². The lowest BCUT2D eigenvalue weighted by Crippen LogP contribution is -3.00. The molecule has 1 saturated heterocycles. The number of β-lactam (4-membered cyclic amide) rings is 1. The molecule has 1 aromatic heterocycles. The number of fused-ring (bicyclic) bond motifs is 1. The summed E-state index contributed by atoms with van der Waals surface area (Å²) in [6.07, 6.45) is -0.422. The molecule has 0 spiro atoms. The fourth-order valence-corrected chi connectivity index (χ4v) is 17.6. The average molecular weight is 1320 g/mol. The van der Waals surface area contributed by atoms with E-state index < -0.39 is 65.3 Å². The van der Waals surface area contributed by atoms with Crippen LogP contribution in [0.1, 0.15) is 74.2 Å². The number of oxime groups is 1. The zero-order valence-electron chi connectivity index (χ0n) is 48.7. The first-order chi connectivity index (χ1) is 41.7. The van der Waals surface area contributed by atoms with Crippen molar-refractivity contribution in [1.29, 1.82) is 0 Å². The Kier molecular flexibility index (Phi) is 19.1. The molecule has 16 heteroatoms. The van der Waals surface area contributed by atoms with E-state index in [1.165, 1.54) is 41.8 Å². The van der Waals surface area contributed by atoms with Gasteiger partial charge in [-0.2, -0.15) is 0 Å². The van der Waals surface area contributed by atoms with Crippen molar-refractivity contribution in [3.05, 3.63) is 293 Å². The van der Waals surface area contributed by atoms with Crippen LogP contribution in [0.15, 0.2) is 264 Å². The van der Waals surface area contributed by atoms with Crippen LogP contribution >= 0.6 is 30.4 Å². The number of hydrogen-bond acceptors (Lipinski definition) is 12. The van der Waals surface area contributed by atoms with Gasteiger partial charge in [-0.15, -0.1) is 23.1 Å². The Morgan fingerprint density at radius 2 is 1.06 bits per heavy atom. The maximum Gasteiger partial charge on any atom is 0.356 e. The van der Waals surface area contributed by atoms with E-state index in [-0.39, 0.29) is 41.1 Å². The zero-order chi connectivity index (χ0) is 59.9. The van der Waals surface area contributed by atoms with Gasteiger partial charge in [0.15, 0.2) is 16.9 Å². The van der Waals surface area contributed by atoms with Gasteiger partial charge in [0.1, 0.15) is 57.1 Å². The van der Waals surface area contributed by atoms with E-state index in [1.807, 2.05) is 170 Å². The van der Waals surface area contributed by atoms with Gasteiger partial charge in [0.2, 0.25) is 5.60 Å². The van der Waals surface area contributed by atoms with E-state index >= 15 is 14.4 Å². The number of amides is 2. The van der Waals surface area contributed by atoms with Gasteiger partial charge in [0.25, 0.3) is 11.8 Å². The molecule has 2 atom stereocenters. The molecule has 8 aromatic carbocycles. The summed E-state index contributed by atoms with van der Waals surface area (Å²) in [5.74, 6) is -2.38. The van der Waals surface area contributed by atoms with Crippen molar-refractivity contribution in [2.75, 3.05) is 17.2 Å². The number of hydrogen-bond donors (Lipinski definition) is 2. The lowest BCUT2D eigenvalue weighted by Gasteiger charge is -2.50. The molecule has 1 unspecified atom stereocenters. The Morgan fingerprint density at radius 1 is 0.632 bits per heavy atom. The Morgan fingerprint density at radius 3 is 1.49 bits per heavy atom. The molecule has 11 rings (SSSR count). The molecule has 0 aliphatic carbocycles. The molecular weight excluding hydrogens is 1260 g/mol. The summed E-state index contributed by atoms with van der Waals surface area (Å²) >= 11 is 2.71. The van der Waals surface area contributed by atoms with Gasteiger partial charge < -0.3 is 48.9 Å². The van der Waals surface area contributed by atoms with E-state index in [2.05, 4.69) is 88.6 Å². The predicted molar refractivity (Wildman–Crippen MR) is 345 cm³/mol. The largest absolute Gasteiger partial charge is 1.00 e. The van der Waals surface area contributed by atoms with Gasteiger partial charge in [-0.25, -0.2) is 14.6 Å². The van der Waals surface area contributed by atoms with Crippen LogP contribution in [0.25, 0.3) is 0 Å². The molecule has 0 saturated carbocycles. The number of anilines is 1. The predicted octanol–water partition coefficient (Wildman–Crippen LogP) is 9.37. The van der Waals surface area contributed by atoms with Gasteiger partial charge in [0, 0.05) is 16.7 Å². The third-order valence-corrected chi connectivity index (χ3v) is 21.6. The first-order valence-electron chi connectivity index (χ1n) is 28.4. The molecule has 12 nitrogen and oxygen atoms in total. The summed E-state index contributed by atoms with van der Waals surface area (Å²) in [4.78, 5) is 72.5. The number of esters is 2. The molecule has 3 heterocycles. The standard InChI is InChI=1S/C71H64N5O7PS2.HI/c1-69(2,3)82-67(80)70(4,5)83-75-59(58-48-86-68(72-58)74-71(52-34-18-8-19-35-52,53-36-20-9-21-37-53)54-38-22-10-23-39-54)63(77)73-60-64(78)76-61(66(79)81-62(49-30-14-6-15-31-49)50-32-16-7-17-33-50)51(47-85-65(60)76)46-84(55-40-24-11-25-41-55,56-42-26-12-27-43-56)57-44-28-13-29-45-57;/h6-45,48,60,62,65H,46-47H2,1-5H3,(H-,72,73,74,77);1H/b75-59-;/t60?,65-;/m0./s1. The topological polar surface area (TPSA) is 149 Å². The van der Waals surface area contributed by atoms with Crippen LogP contribution in [-0.2, 0) is 39.0 Å². The van der Waals surface area contributed by atoms with Crippen LogP contribution in [0.3, 0.4) is 0 Å². The minimum absolute atomic E-state index is 0. The summed E-state index contributed by atoms with van der Waals surface area (Å²) in [6, 6.07) is 79.3. The Labute approximate surface area is 533 Å². The van der Waals surface area contributed by atoms with Crippen molar-refractivity contribution in [2.24, 2.45) is 5.16 Å². The number of benzene rings is 8. The minimum atomic E-state index is -2.64. The van der Waals surface area contributed by atoms with E-state index in [0.717, 1.165) is 49.3 Å². The molecule has 2 amide bonds. The fourth-order valence-electron chi connectivity index (χ4n) is 11.0. The number of halogens is 1. The zero-order valence-corrected chi connectivity index (χ0v) is 53.3. The normalized spacial score (nSPS) is 15.3. The first-order valence-corrected chi connectivity index (χ1v) is 32.3. The molecule has 1 fully saturated rings. The highest BCUT2D eigenvalue weighted by molar-refractivity contribution is 8.00. The smallest absolute Gasteiger partial charge is 0.356 e. The number of rotatable bonds is 20. The van der Waals surface area contributed by atoms with E-state index in [4.69, 9.17) is 19.3 Å². The number of thiazole rings is 1. The van der Waals surface area contributed by atoms with Crippen molar-refractivity contribution in [1.82, 2.24) is 15.2 Å². The van der Waals surface area contributed by atoms with Gasteiger partial charge in [-0.1, -0.05) is 211 Å². The molecule has 0 radical (unpaired) electrons. The number of nitrogens with one attached hydrogen (secondary N) is 2. The highest BCUT2D eigenvalue weighted by Gasteiger charge is 2.57. The van der Waals surface area contributed by atoms with Crippen molar-refractivity contribution in [3.8, 4) is 0 Å². The van der Waals surface area contributed by atoms with E-state index in [0.29, 0.717) is 17.0 Å². The summed E-state index contributed by atoms with van der Waals surface area (Å²) in [7, 11) is -2.64. The summed E-state index contributed by atoms with van der Waals surface area (Å²) in [5.41, 5.74) is 1.51. The Bertz CT molecular complexity index is 3670. The summed E-state index contributed by atoms with van der Waals surface area (Å²) in [6.45, 7) is 8.25. The number of thioether (sulfide) groups is 1. The first kappa shape index (κ1) is 61.9. The van der Waals surface area contributed by atoms with Crippen molar-refractivity contribution in [2.45, 2.75) is 68.9 Å². The second-order valence-electron chi connectivity index (χ2n) is 22.4. The van der Waals surface area contributed by atoms with Gasteiger partial charge >= 0.3 is 11.9 Å². The lowest BCUT2D eigenvalue weighted by atomic mass is 9.77. The molecule has 2 aliphatic heterocycles.